The van der Waals surface area contributed by atoms with Crippen LogP contribution < -0.4 is 5.32 Å². The molecule has 1 saturated heterocycles. The molecule has 1 aliphatic rings. The summed E-state index contributed by atoms with van der Waals surface area (Å²) >= 11 is 1.60. The monoisotopic (exact) mass is 291 g/mol. The lowest BCUT2D eigenvalue weighted by Gasteiger charge is -2.04. The molecule has 6 nitrogen and oxygen atoms in total. The summed E-state index contributed by atoms with van der Waals surface area (Å²) < 4.78 is 4.83. The molecule has 7 heteroatoms. The van der Waals surface area contributed by atoms with Gasteiger partial charge in [0, 0.05) is 18.4 Å². The molecule has 0 radical (unpaired) electrons. The number of hydrogen-bond donors (Lipinski definition) is 2. The Labute approximate surface area is 119 Å². The number of nitrogens with one attached hydrogen (secondary N) is 2. The minimum absolute atomic E-state index is 0.0294. The van der Waals surface area contributed by atoms with Gasteiger partial charge in [0.2, 0.25) is 5.91 Å². The Morgan fingerprint density at radius 3 is 3.20 bits per heavy atom. The molecule has 1 atom stereocenters. The van der Waals surface area contributed by atoms with Crippen molar-refractivity contribution in [2.45, 2.75) is 12.8 Å². The van der Waals surface area contributed by atoms with Crippen LogP contribution in [-0.2, 0) is 14.3 Å². The van der Waals surface area contributed by atoms with Crippen molar-refractivity contribution in [3.05, 3.63) is 23.6 Å². The number of carbonyl (C=O) groups excluding carboxylic acids is 2. The van der Waals surface area contributed by atoms with Crippen molar-refractivity contribution in [3.8, 4) is 10.6 Å². The average molecular weight is 291 g/mol. The molecule has 2 N–H and O–H groups in total. The van der Waals surface area contributed by atoms with E-state index in [1.807, 2.05) is 17.5 Å². The fourth-order valence-corrected chi connectivity index (χ4v) is 2.79. The van der Waals surface area contributed by atoms with E-state index in [2.05, 4.69) is 15.5 Å². The Morgan fingerprint density at radius 1 is 1.60 bits per heavy atom. The summed E-state index contributed by atoms with van der Waals surface area (Å²) in [6.07, 6.45) is 0.585. The van der Waals surface area contributed by atoms with Crippen LogP contribution in [0.4, 0.5) is 5.82 Å². The van der Waals surface area contributed by atoms with Gasteiger partial charge in [0.1, 0.15) is 0 Å². The second-order valence-corrected chi connectivity index (χ2v) is 5.60. The van der Waals surface area contributed by atoms with E-state index in [0.29, 0.717) is 18.8 Å². The van der Waals surface area contributed by atoms with Crippen molar-refractivity contribution in [3.63, 3.8) is 0 Å². The number of hydrogen-bond acceptors (Lipinski definition) is 5. The standard InChI is InChI=1S/C13H13N3O3S/c17-12(4-8-5-13(18)19-7-8)14-11-6-9(15-16-11)10-2-1-3-20-10/h1-3,6,8H,4-5,7H2,(H2,14,15,16,17). The Balaban J connectivity index is 1.58. The number of nitrogens with zero attached hydrogens (tertiary/aromatic N) is 1. The molecule has 1 amide bonds. The summed E-state index contributed by atoms with van der Waals surface area (Å²) in [5, 5.41) is 11.6. The minimum Gasteiger partial charge on any atom is -0.465 e. The summed E-state index contributed by atoms with van der Waals surface area (Å²) in [7, 11) is 0. The number of aromatic amines is 1. The number of ether oxygens (including phenoxy) is 1. The number of amides is 1. The summed E-state index contributed by atoms with van der Waals surface area (Å²) in [5.41, 5.74) is 0.870. The third-order valence-electron chi connectivity index (χ3n) is 3.04. The molecule has 0 aliphatic carbocycles. The van der Waals surface area contributed by atoms with Crippen molar-refractivity contribution in [1.29, 1.82) is 0 Å². The first-order valence-electron chi connectivity index (χ1n) is 6.25. The lowest BCUT2D eigenvalue weighted by Crippen LogP contribution is -2.16. The Kier molecular flexibility index (Phi) is 3.51. The summed E-state index contributed by atoms with van der Waals surface area (Å²) in [5.74, 6) is 0.0712. The SMILES string of the molecule is O=C(CC1COC(=O)C1)Nc1cc(-c2cccs2)[nH]n1. The summed E-state index contributed by atoms with van der Waals surface area (Å²) in [4.78, 5) is 23.9. The highest BCUT2D eigenvalue weighted by molar-refractivity contribution is 7.13. The molecule has 3 heterocycles. The maximum absolute atomic E-state index is 11.8. The van der Waals surface area contributed by atoms with E-state index in [1.54, 1.807) is 17.4 Å². The van der Waals surface area contributed by atoms with Crippen LogP contribution in [0, 0.1) is 5.92 Å². The molecule has 104 valence electrons. The number of cyclic esters (lactones) is 1. The van der Waals surface area contributed by atoms with E-state index in [4.69, 9.17) is 4.74 Å². The average Bonchev–Trinajstić information content (AvgIpc) is 3.10. The topological polar surface area (TPSA) is 84.1 Å². The smallest absolute Gasteiger partial charge is 0.306 e. The highest BCUT2D eigenvalue weighted by Gasteiger charge is 2.26. The maximum Gasteiger partial charge on any atom is 0.306 e. The number of thiophene rings is 1. The molecular weight excluding hydrogens is 278 g/mol. The summed E-state index contributed by atoms with van der Waals surface area (Å²) in [6.45, 7) is 0.327. The van der Waals surface area contributed by atoms with Crippen molar-refractivity contribution < 1.29 is 14.3 Å². The van der Waals surface area contributed by atoms with Crippen molar-refractivity contribution in [2.24, 2.45) is 5.92 Å². The number of H-pyrrole nitrogens is 1. The molecule has 3 rings (SSSR count). The molecule has 1 fully saturated rings. The molecule has 0 saturated carbocycles. The van der Waals surface area contributed by atoms with Crippen LogP contribution in [0.15, 0.2) is 23.6 Å². The molecule has 0 bridgehead atoms. The van der Waals surface area contributed by atoms with Crippen LogP contribution >= 0.6 is 11.3 Å². The normalized spacial score (nSPS) is 18.0. The molecular formula is C13H13N3O3S. The lowest BCUT2D eigenvalue weighted by molar-refractivity contribution is -0.138. The van der Waals surface area contributed by atoms with Crippen LogP contribution in [0.2, 0.25) is 0 Å². The van der Waals surface area contributed by atoms with Gasteiger partial charge >= 0.3 is 5.97 Å². The first-order valence-corrected chi connectivity index (χ1v) is 7.13. The molecule has 0 spiro atoms. The van der Waals surface area contributed by atoms with Gasteiger partial charge in [-0.25, -0.2) is 0 Å². The first kappa shape index (κ1) is 12.9. The fraction of sp³-hybridized carbons (Fsp3) is 0.308. The van der Waals surface area contributed by atoms with Gasteiger partial charge in [-0.1, -0.05) is 6.07 Å². The zero-order valence-electron chi connectivity index (χ0n) is 10.6. The number of rotatable bonds is 4. The first-order chi connectivity index (χ1) is 9.70. The van der Waals surface area contributed by atoms with E-state index >= 15 is 0 Å². The lowest BCUT2D eigenvalue weighted by atomic mass is 10.0. The van der Waals surface area contributed by atoms with Crippen LogP contribution in [0.25, 0.3) is 10.6 Å². The third kappa shape index (κ3) is 2.88. The Hall–Kier alpha value is -2.15. The van der Waals surface area contributed by atoms with Gasteiger partial charge in [-0.2, -0.15) is 5.10 Å². The predicted molar refractivity (Wildman–Crippen MR) is 74.2 cm³/mol. The van der Waals surface area contributed by atoms with Crippen LogP contribution in [-0.4, -0.2) is 28.7 Å². The molecule has 2 aromatic heterocycles. The van der Waals surface area contributed by atoms with E-state index in [9.17, 15) is 9.59 Å². The van der Waals surface area contributed by atoms with E-state index in [-0.39, 0.29) is 24.2 Å². The fourth-order valence-electron chi connectivity index (χ4n) is 2.10. The Bertz CT molecular complexity index is 621. The van der Waals surface area contributed by atoms with E-state index in [0.717, 1.165) is 10.6 Å². The van der Waals surface area contributed by atoms with Gasteiger partial charge in [0.05, 0.1) is 23.6 Å². The van der Waals surface area contributed by atoms with Crippen molar-refractivity contribution in [1.82, 2.24) is 10.2 Å². The van der Waals surface area contributed by atoms with Gasteiger partial charge in [-0.3, -0.25) is 14.7 Å². The van der Waals surface area contributed by atoms with Crippen molar-refractivity contribution in [2.75, 3.05) is 11.9 Å². The molecule has 1 unspecified atom stereocenters. The number of carbonyl (C=O) groups is 2. The van der Waals surface area contributed by atoms with Crippen LogP contribution in [0.5, 0.6) is 0 Å². The predicted octanol–water partition coefficient (Wildman–Crippen LogP) is 2.03. The molecule has 20 heavy (non-hydrogen) atoms. The number of esters is 1. The Morgan fingerprint density at radius 2 is 2.50 bits per heavy atom. The zero-order chi connectivity index (χ0) is 13.9. The second kappa shape index (κ2) is 5.46. The summed E-state index contributed by atoms with van der Waals surface area (Å²) in [6, 6.07) is 5.72. The highest BCUT2D eigenvalue weighted by Crippen LogP contribution is 2.24. The van der Waals surface area contributed by atoms with Crippen LogP contribution in [0.1, 0.15) is 12.8 Å². The third-order valence-corrected chi connectivity index (χ3v) is 3.94. The molecule has 1 aliphatic heterocycles. The van der Waals surface area contributed by atoms with Gasteiger partial charge in [-0.05, 0) is 11.4 Å². The van der Waals surface area contributed by atoms with E-state index < -0.39 is 0 Å². The highest BCUT2D eigenvalue weighted by atomic mass is 32.1. The largest absolute Gasteiger partial charge is 0.465 e. The van der Waals surface area contributed by atoms with E-state index in [1.165, 1.54) is 0 Å². The van der Waals surface area contributed by atoms with Gasteiger partial charge in [0.15, 0.2) is 5.82 Å². The minimum atomic E-state index is -0.234. The number of anilines is 1. The van der Waals surface area contributed by atoms with Crippen molar-refractivity contribution >= 4 is 29.0 Å². The quantitative estimate of drug-likeness (QED) is 0.844. The number of aromatic nitrogens is 2. The molecule has 2 aromatic rings. The van der Waals surface area contributed by atoms with Gasteiger partial charge < -0.3 is 10.1 Å². The second-order valence-electron chi connectivity index (χ2n) is 4.65. The van der Waals surface area contributed by atoms with Crippen LogP contribution in [0.3, 0.4) is 0 Å². The maximum atomic E-state index is 11.8. The molecule has 0 aromatic carbocycles. The van der Waals surface area contributed by atoms with Gasteiger partial charge in [-0.15, -0.1) is 11.3 Å². The zero-order valence-corrected chi connectivity index (χ0v) is 11.4. The van der Waals surface area contributed by atoms with Gasteiger partial charge in [0.25, 0.3) is 0 Å².